The summed E-state index contributed by atoms with van der Waals surface area (Å²) in [5.74, 6) is 7.68. The van der Waals surface area contributed by atoms with Gasteiger partial charge in [-0.2, -0.15) is 0 Å². The summed E-state index contributed by atoms with van der Waals surface area (Å²) in [6, 6.07) is 10.9. The molecule has 1 atom stereocenters. The highest BCUT2D eigenvalue weighted by Gasteiger charge is 2.35. The Balaban J connectivity index is 0.00000243. The molecule has 2 saturated heterocycles. The zero-order valence-corrected chi connectivity index (χ0v) is 17.4. The number of piperidine rings is 1. The SMILES string of the molecule is CC1(C)CCCC(C)(C#CCN2CCC(Cc3ccccc3)CC2)O1.Cl. The fraction of sp³-hybridized carbons (Fsp3) is 0.652. The third-order valence-corrected chi connectivity index (χ3v) is 5.66. The van der Waals surface area contributed by atoms with Gasteiger partial charge in [-0.05, 0) is 83.9 Å². The van der Waals surface area contributed by atoms with Gasteiger partial charge in [0.15, 0.2) is 0 Å². The summed E-state index contributed by atoms with van der Waals surface area (Å²) in [7, 11) is 0. The van der Waals surface area contributed by atoms with Crippen molar-refractivity contribution >= 4 is 12.4 Å². The number of benzene rings is 1. The van der Waals surface area contributed by atoms with E-state index in [1.807, 2.05) is 0 Å². The van der Waals surface area contributed by atoms with E-state index in [1.165, 1.54) is 44.3 Å². The number of ether oxygens (including phenoxy) is 1. The molecule has 0 amide bonds. The molecule has 2 heterocycles. The maximum atomic E-state index is 6.24. The highest BCUT2D eigenvalue weighted by atomic mass is 35.5. The highest BCUT2D eigenvalue weighted by Crippen LogP contribution is 2.34. The van der Waals surface area contributed by atoms with Gasteiger partial charge in [0.1, 0.15) is 5.60 Å². The van der Waals surface area contributed by atoms with E-state index < -0.39 is 0 Å². The van der Waals surface area contributed by atoms with E-state index >= 15 is 0 Å². The lowest BCUT2D eigenvalue weighted by Gasteiger charge is -2.40. The van der Waals surface area contributed by atoms with Gasteiger partial charge in [0.05, 0.1) is 12.1 Å². The van der Waals surface area contributed by atoms with Crippen LogP contribution in [0.5, 0.6) is 0 Å². The molecule has 0 aromatic heterocycles. The van der Waals surface area contributed by atoms with Crippen LogP contribution in [0.1, 0.15) is 58.4 Å². The van der Waals surface area contributed by atoms with Crippen LogP contribution in [0.15, 0.2) is 30.3 Å². The van der Waals surface area contributed by atoms with Crippen LogP contribution in [-0.4, -0.2) is 35.7 Å². The van der Waals surface area contributed by atoms with Crippen molar-refractivity contribution in [2.45, 2.75) is 70.5 Å². The third-order valence-electron chi connectivity index (χ3n) is 5.66. The second-order valence-electron chi connectivity index (χ2n) is 8.66. The van der Waals surface area contributed by atoms with Crippen molar-refractivity contribution in [2.75, 3.05) is 19.6 Å². The van der Waals surface area contributed by atoms with Gasteiger partial charge in [-0.1, -0.05) is 42.2 Å². The minimum absolute atomic E-state index is 0. The van der Waals surface area contributed by atoms with Crippen molar-refractivity contribution in [3.63, 3.8) is 0 Å². The Bertz CT molecular complexity index is 610. The Kier molecular flexibility index (Phi) is 7.59. The van der Waals surface area contributed by atoms with Gasteiger partial charge < -0.3 is 4.74 Å². The molecular weight excluding hydrogens is 342 g/mol. The molecule has 2 aliphatic heterocycles. The Labute approximate surface area is 166 Å². The molecule has 0 bridgehead atoms. The lowest BCUT2D eigenvalue weighted by molar-refractivity contribution is -0.135. The van der Waals surface area contributed by atoms with Gasteiger partial charge in [0.25, 0.3) is 0 Å². The fourth-order valence-corrected chi connectivity index (χ4v) is 4.29. The Morgan fingerprint density at radius 3 is 2.42 bits per heavy atom. The molecule has 1 aromatic carbocycles. The summed E-state index contributed by atoms with van der Waals surface area (Å²) in [5, 5.41) is 0. The quantitative estimate of drug-likeness (QED) is 0.681. The summed E-state index contributed by atoms with van der Waals surface area (Å²) in [6.45, 7) is 9.77. The van der Waals surface area contributed by atoms with Gasteiger partial charge in [-0.25, -0.2) is 0 Å². The second-order valence-corrected chi connectivity index (χ2v) is 8.66. The molecule has 0 spiro atoms. The monoisotopic (exact) mass is 375 g/mol. The standard InChI is InChI=1S/C23H33NO.ClH/c1-22(2)13-7-14-23(3,25-22)15-8-16-24-17-11-21(12-18-24)19-20-9-5-4-6-10-20;/h4-6,9-10,21H,7,11-14,16-19H2,1-3H3;1H. The predicted octanol–water partition coefficient (Wildman–Crippen LogP) is 5.10. The van der Waals surface area contributed by atoms with Crippen molar-refractivity contribution in [2.24, 2.45) is 5.92 Å². The number of halogens is 1. The maximum absolute atomic E-state index is 6.24. The first-order chi connectivity index (χ1) is 11.9. The van der Waals surface area contributed by atoms with Crippen LogP contribution in [0.2, 0.25) is 0 Å². The largest absolute Gasteiger partial charge is 0.357 e. The molecule has 1 aromatic rings. The van der Waals surface area contributed by atoms with Gasteiger partial charge in [-0.3, -0.25) is 4.90 Å². The van der Waals surface area contributed by atoms with Crippen molar-refractivity contribution < 1.29 is 4.74 Å². The highest BCUT2D eigenvalue weighted by molar-refractivity contribution is 5.85. The Morgan fingerprint density at radius 2 is 1.77 bits per heavy atom. The van der Waals surface area contributed by atoms with Gasteiger partial charge in [0.2, 0.25) is 0 Å². The first-order valence-electron chi connectivity index (χ1n) is 9.91. The van der Waals surface area contributed by atoms with Crippen LogP contribution < -0.4 is 0 Å². The Hall–Kier alpha value is -1.01. The molecule has 1 unspecified atom stereocenters. The lowest BCUT2D eigenvalue weighted by Crippen LogP contribution is -2.42. The minimum atomic E-state index is -0.257. The number of rotatable bonds is 3. The topological polar surface area (TPSA) is 12.5 Å². The molecule has 2 fully saturated rings. The van der Waals surface area contributed by atoms with E-state index in [-0.39, 0.29) is 23.6 Å². The zero-order valence-electron chi connectivity index (χ0n) is 16.6. The van der Waals surface area contributed by atoms with Crippen LogP contribution in [0.3, 0.4) is 0 Å². The average molecular weight is 376 g/mol. The molecule has 0 aliphatic carbocycles. The summed E-state index contributed by atoms with van der Waals surface area (Å²) >= 11 is 0. The van der Waals surface area contributed by atoms with Crippen LogP contribution in [0.4, 0.5) is 0 Å². The molecular formula is C23H34ClNO. The molecule has 26 heavy (non-hydrogen) atoms. The molecule has 2 nitrogen and oxygen atoms in total. The van der Waals surface area contributed by atoms with Gasteiger partial charge in [0, 0.05) is 0 Å². The summed E-state index contributed by atoms with van der Waals surface area (Å²) in [6.07, 6.45) is 7.21. The smallest absolute Gasteiger partial charge is 0.126 e. The molecule has 3 rings (SSSR count). The molecule has 0 radical (unpaired) electrons. The van der Waals surface area contributed by atoms with Crippen molar-refractivity contribution in [1.29, 1.82) is 0 Å². The van der Waals surface area contributed by atoms with Crippen LogP contribution in [0.25, 0.3) is 0 Å². The van der Waals surface area contributed by atoms with E-state index in [1.54, 1.807) is 0 Å². The van der Waals surface area contributed by atoms with Gasteiger partial charge in [-0.15, -0.1) is 12.4 Å². The van der Waals surface area contributed by atoms with Crippen molar-refractivity contribution in [3.05, 3.63) is 35.9 Å². The number of nitrogens with zero attached hydrogens (tertiary/aromatic N) is 1. The molecule has 0 saturated carbocycles. The summed E-state index contributed by atoms with van der Waals surface area (Å²) in [5.41, 5.74) is 1.19. The predicted molar refractivity (Wildman–Crippen MR) is 112 cm³/mol. The summed E-state index contributed by atoms with van der Waals surface area (Å²) < 4.78 is 6.24. The molecule has 144 valence electrons. The zero-order chi connectivity index (χ0) is 17.8. The van der Waals surface area contributed by atoms with E-state index in [4.69, 9.17) is 4.74 Å². The number of hydrogen-bond donors (Lipinski definition) is 0. The third kappa shape index (κ3) is 6.31. The number of hydrogen-bond acceptors (Lipinski definition) is 2. The van der Waals surface area contributed by atoms with Gasteiger partial charge >= 0.3 is 0 Å². The molecule has 2 aliphatic rings. The van der Waals surface area contributed by atoms with Crippen LogP contribution >= 0.6 is 12.4 Å². The normalized spacial score (nSPS) is 26.4. The number of likely N-dealkylation sites (tertiary alicyclic amines) is 1. The van der Waals surface area contributed by atoms with E-state index in [0.717, 1.165) is 25.3 Å². The van der Waals surface area contributed by atoms with E-state index in [9.17, 15) is 0 Å². The van der Waals surface area contributed by atoms with E-state index in [0.29, 0.717) is 0 Å². The van der Waals surface area contributed by atoms with E-state index in [2.05, 4.69) is 67.8 Å². The minimum Gasteiger partial charge on any atom is -0.357 e. The fourth-order valence-electron chi connectivity index (χ4n) is 4.29. The van der Waals surface area contributed by atoms with Crippen molar-refractivity contribution in [1.82, 2.24) is 4.90 Å². The first kappa shape index (κ1) is 21.3. The average Bonchev–Trinajstić information content (AvgIpc) is 2.56. The van der Waals surface area contributed by atoms with Crippen molar-refractivity contribution in [3.8, 4) is 11.8 Å². The Morgan fingerprint density at radius 1 is 1.08 bits per heavy atom. The van der Waals surface area contributed by atoms with Crippen LogP contribution in [-0.2, 0) is 11.2 Å². The first-order valence-corrected chi connectivity index (χ1v) is 9.91. The van der Waals surface area contributed by atoms with Crippen LogP contribution in [0, 0.1) is 17.8 Å². The second kappa shape index (κ2) is 9.27. The summed E-state index contributed by atoms with van der Waals surface area (Å²) in [4.78, 5) is 2.51. The molecule has 3 heteroatoms. The molecule has 0 N–H and O–H groups in total. The lowest BCUT2D eigenvalue weighted by atomic mass is 9.88. The maximum Gasteiger partial charge on any atom is 0.126 e.